The molecular formula is C13H11BrIN. The van der Waals surface area contributed by atoms with E-state index in [0.29, 0.717) is 0 Å². The molecule has 0 atom stereocenters. The topological polar surface area (TPSA) is 12.0 Å². The molecule has 0 aliphatic heterocycles. The Kier molecular flexibility index (Phi) is 4.23. The maximum absolute atomic E-state index is 3.46. The molecule has 1 nitrogen and oxygen atoms in total. The maximum Gasteiger partial charge on any atom is 0.0479 e. The van der Waals surface area contributed by atoms with Gasteiger partial charge in [0.15, 0.2) is 0 Å². The van der Waals surface area contributed by atoms with Gasteiger partial charge in [0.25, 0.3) is 0 Å². The molecule has 0 aliphatic carbocycles. The first kappa shape index (κ1) is 11.9. The Labute approximate surface area is 118 Å². The van der Waals surface area contributed by atoms with Crippen molar-refractivity contribution in [2.75, 3.05) is 5.32 Å². The van der Waals surface area contributed by atoms with Gasteiger partial charge in [-0.05, 0) is 46.4 Å². The highest BCUT2D eigenvalue weighted by Crippen LogP contribution is 2.23. The van der Waals surface area contributed by atoms with Gasteiger partial charge in [0.05, 0.1) is 0 Å². The third-order valence-corrected chi connectivity index (χ3v) is 3.64. The van der Waals surface area contributed by atoms with Crippen molar-refractivity contribution in [3.63, 3.8) is 0 Å². The molecule has 0 unspecified atom stereocenters. The summed E-state index contributed by atoms with van der Waals surface area (Å²) in [6.45, 7) is 0.860. The van der Waals surface area contributed by atoms with Gasteiger partial charge >= 0.3 is 0 Å². The molecule has 0 fully saturated rings. The smallest absolute Gasteiger partial charge is 0.0479 e. The number of hydrogen-bond acceptors (Lipinski definition) is 1. The molecule has 2 aromatic rings. The lowest BCUT2D eigenvalue weighted by molar-refractivity contribution is 1.14. The van der Waals surface area contributed by atoms with Crippen molar-refractivity contribution in [2.24, 2.45) is 0 Å². The van der Waals surface area contributed by atoms with Crippen LogP contribution >= 0.6 is 38.5 Å². The van der Waals surface area contributed by atoms with E-state index >= 15 is 0 Å². The summed E-state index contributed by atoms with van der Waals surface area (Å²) in [5.74, 6) is 0. The Balaban J connectivity index is 2.05. The third kappa shape index (κ3) is 3.22. The number of halogens is 2. The van der Waals surface area contributed by atoms with Crippen LogP contribution in [-0.2, 0) is 6.54 Å². The van der Waals surface area contributed by atoms with Crippen LogP contribution in [0, 0.1) is 3.57 Å². The summed E-state index contributed by atoms with van der Waals surface area (Å²) in [6, 6.07) is 16.6. The standard InChI is InChI=1S/C13H11BrIN/c14-11-6-7-13(12(15)8-11)16-9-10-4-2-1-3-5-10/h1-8,16H,9H2. The quantitative estimate of drug-likeness (QED) is 0.755. The predicted molar refractivity (Wildman–Crippen MR) is 80.6 cm³/mol. The Bertz CT molecular complexity index is 471. The first-order chi connectivity index (χ1) is 7.75. The van der Waals surface area contributed by atoms with Gasteiger partial charge in [0.2, 0.25) is 0 Å². The van der Waals surface area contributed by atoms with Crippen LogP contribution < -0.4 is 5.32 Å². The van der Waals surface area contributed by atoms with Crippen molar-refractivity contribution in [3.05, 3.63) is 62.1 Å². The number of anilines is 1. The van der Waals surface area contributed by atoms with Crippen LogP contribution in [0.15, 0.2) is 53.0 Å². The minimum atomic E-state index is 0.860. The van der Waals surface area contributed by atoms with Gasteiger partial charge in [-0.25, -0.2) is 0 Å². The second kappa shape index (κ2) is 5.68. The Hall–Kier alpha value is -0.550. The summed E-state index contributed by atoms with van der Waals surface area (Å²) >= 11 is 5.80. The van der Waals surface area contributed by atoms with Gasteiger partial charge < -0.3 is 5.32 Å². The molecule has 2 rings (SSSR count). The predicted octanol–water partition coefficient (Wildman–Crippen LogP) is 4.67. The lowest BCUT2D eigenvalue weighted by Crippen LogP contribution is -2.00. The molecule has 16 heavy (non-hydrogen) atoms. The lowest BCUT2D eigenvalue weighted by Gasteiger charge is -2.08. The number of rotatable bonds is 3. The second-order valence-corrected chi connectivity index (χ2v) is 5.54. The normalized spacial score (nSPS) is 10.1. The van der Waals surface area contributed by atoms with Gasteiger partial charge in [0, 0.05) is 20.3 Å². The van der Waals surface area contributed by atoms with Crippen molar-refractivity contribution in [2.45, 2.75) is 6.54 Å². The van der Waals surface area contributed by atoms with Gasteiger partial charge in [-0.3, -0.25) is 0 Å². The summed E-state index contributed by atoms with van der Waals surface area (Å²) in [5, 5.41) is 3.43. The van der Waals surface area contributed by atoms with Crippen molar-refractivity contribution in [3.8, 4) is 0 Å². The number of hydrogen-bond donors (Lipinski definition) is 1. The molecule has 0 saturated carbocycles. The zero-order chi connectivity index (χ0) is 11.4. The van der Waals surface area contributed by atoms with Crippen LogP contribution in [-0.4, -0.2) is 0 Å². The van der Waals surface area contributed by atoms with E-state index in [1.54, 1.807) is 0 Å². The van der Waals surface area contributed by atoms with Gasteiger partial charge in [-0.2, -0.15) is 0 Å². The Morgan fingerprint density at radius 3 is 2.50 bits per heavy atom. The zero-order valence-corrected chi connectivity index (χ0v) is 12.3. The van der Waals surface area contributed by atoms with Gasteiger partial charge in [-0.15, -0.1) is 0 Å². The van der Waals surface area contributed by atoms with E-state index in [-0.39, 0.29) is 0 Å². The Morgan fingerprint density at radius 2 is 1.81 bits per heavy atom. The number of nitrogens with one attached hydrogen (secondary N) is 1. The third-order valence-electron chi connectivity index (χ3n) is 2.26. The zero-order valence-electron chi connectivity index (χ0n) is 8.58. The van der Waals surface area contributed by atoms with Crippen LogP contribution in [0.5, 0.6) is 0 Å². The summed E-state index contributed by atoms with van der Waals surface area (Å²) in [5.41, 5.74) is 2.47. The van der Waals surface area contributed by atoms with E-state index in [4.69, 9.17) is 0 Å². The highest BCUT2D eigenvalue weighted by molar-refractivity contribution is 14.1. The number of benzene rings is 2. The summed E-state index contributed by atoms with van der Waals surface area (Å²) in [7, 11) is 0. The maximum atomic E-state index is 3.46. The van der Waals surface area contributed by atoms with E-state index in [9.17, 15) is 0 Å². The molecule has 0 radical (unpaired) electrons. The first-order valence-corrected chi connectivity index (χ1v) is 6.86. The molecule has 0 amide bonds. The van der Waals surface area contributed by atoms with E-state index in [2.05, 4.69) is 86.3 Å². The molecule has 0 spiro atoms. The molecule has 0 aromatic heterocycles. The average molecular weight is 388 g/mol. The molecule has 0 saturated heterocycles. The summed E-state index contributed by atoms with van der Waals surface area (Å²) in [6.07, 6.45) is 0. The minimum Gasteiger partial charge on any atom is -0.380 e. The fraction of sp³-hybridized carbons (Fsp3) is 0.0769. The van der Waals surface area contributed by atoms with Crippen molar-refractivity contribution >= 4 is 44.2 Å². The first-order valence-electron chi connectivity index (χ1n) is 4.98. The van der Waals surface area contributed by atoms with Crippen molar-refractivity contribution in [1.82, 2.24) is 0 Å². The van der Waals surface area contributed by atoms with E-state index in [1.807, 2.05) is 6.07 Å². The van der Waals surface area contributed by atoms with Crippen molar-refractivity contribution in [1.29, 1.82) is 0 Å². The monoisotopic (exact) mass is 387 g/mol. The molecular weight excluding hydrogens is 377 g/mol. The highest BCUT2D eigenvalue weighted by atomic mass is 127. The summed E-state index contributed by atoms with van der Waals surface area (Å²) in [4.78, 5) is 0. The van der Waals surface area contributed by atoms with E-state index < -0.39 is 0 Å². The second-order valence-electron chi connectivity index (χ2n) is 3.46. The SMILES string of the molecule is Brc1ccc(NCc2ccccc2)c(I)c1. The van der Waals surface area contributed by atoms with Crippen LogP contribution in [0.1, 0.15) is 5.56 Å². The average Bonchev–Trinajstić information content (AvgIpc) is 2.29. The summed E-state index contributed by atoms with van der Waals surface area (Å²) < 4.78 is 2.34. The van der Waals surface area contributed by atoms with Crippen LogP contribution in [0.3, 0.4) is 0 Å². The van der Waals surface area contributed by atoms with Gasteiger partial charge in [0.1, 0.15) is 0 Å². The molecule has 2 aromatic carbocycles. The van der Waals surface area contributed by atoms with Crippen LogP contribution in [0.2, 0.25) is 0 Å². The van der Waals surface area contributed by atoms with Crippen LogP contribution in [0.25, 0.3) is 0 Å². The minimum absolute atomic E-state index is 0.860. The van der Waals surface area contributed by atoms with Crippen LogP contribution in [0.4, 0.5) is 5.69 Å². The highest BCUT2D eigenvalue weighted by Gasteiger charge is 1.99. The van der Waals surface area contributed by atoms with E-state index in [0.717, 1.165) is 11.0 Å². The molecule has 0 aliphatic rings. The lowest BCUT2D eigenvalue weighted by atomic mass is 10.2. The largest absolute Gasteiger partial charge is 0.380 e. The van der Waals surface area contributed by atoms with Crippen molar-refractivity contribution < 1.29 is 0 Å². The molecule has 3 heteroatoms. The van der Waals surface area contributed by atoms with Gasteiger partial charge in [-0.1, -0.05) is 46.3 Å². The fourth-order valence-electron chi connectivity index (χ4n) is 1.43. The molecule has 0 bridgehead atoms. The Morgan fingerprint density at radius 1 is 1.06 bits per heavy atom. The molecule has 0 heterocycles. The van der Waals surface area contributed by atoms with E-state index in [1.165, 1.54) is 14.8 Å². The molecule has 82 valence electrons. The fourth-order valence-corrected chi connectivity index (χ4v) is 2.92. The molecule has 1 N–H and O–H groups in total.